The molecule has 0 radical (unpaired) electrons. The zero-order chi connectivity index (χ0) is 18.3. The minimum atomic E-state index is -0.750. The number of aliphatic hydroxyl groups is 1. The van der Waals surface area contributed by atoms with Crippen molar-refractivity contribution in [1.82, 2.24) is 0 Å². The molecule has 134 valence electrons. The Morgan fingerprint density at radius 3 is 2.38 bits per heavy atom. The van der Waals surface area contributed by atoms with Crippen LogP contribution >= 0.6 is 0 Å². The summed E-state index contributed by atoms with van der Waals surface area (Å²) in [6, 6.07) is 0. The summed E-state index contributed by atoms with van der Waals surface area (Å²) < 4.78 is 10.5. The van der Waals surface area contributed by atoms with Crippen molar-refractivity contribution in [3.63, 3.8) is 0 Å². The van der Waals surface area contributed by atoms with Gasteiger partial charge in [0.15, 0.2) is 0 Å². The SMILES string of the molecule is C=CC(=O)OCC1CCC(OC(=O)C(C=C(C)C)=C(C)C)C(O)C1. The van der Waals surface area contributed by atoms with Gasteiger partial charge < -0.3 is 14.6 Å². The number of aliphatic hydroxyl groups excluding tert-OH is 1. The number of allylic oxidation sites excluding steroid dienone is 2. The second-order valence-electron chi connectivity index (χ2n) is 6.66. The van der Waals surface area contributed by atoms with Crippen LogP contribution in [0.15, 0.2) is 35.5 Å². The molecule has 1 rings (SSSR count). The van der Waals surface area contributed by atoms with E-state index in [1.807, 2.05) is 27.7 Å². The maximum absolute atomic E-state index is 12.4. The molecule has 3 unspecified atom stereocenters. The first-order valence-electron chi connectivity index (χ1n) is 8.25. The number of esters is 2. The van der Waals surface area contributed by atoms with Crippen LogP contribution in [0.5, 0.6) is 0 Å². The van der Waals surface area contributed by atoms with Crippen molar-refractivity contribution < 1.29 is 24.2 Å². The van der Waals surface area contributed by atoms with Crippen LogP contribution in [0.4, 0.5) is 0 Å². The van der Waals surface area contributed by atoms with E-state index in [4.69, 9.17) is 9.47 Å². The Morgan fingerprint density at radius 2 is 1.88 bits per heavy atom. The average Bonchev–Trinajstić information content (AvgIpc) is 2.51. The summed E-state index contributed by atoms with van der Waals surface area (Å²) >= 11 is 0. The van der Waals surface area contributed by atoms with Crippen LogP contribution in [0.1, 0.15) is 47.0 Å². The molecule has 0 bridgehead atoms. The van der Waals surface area contributed by atoms with Crippen LogP contribution in [0, 0.1) is 5.92 Å². The molecule has 1 aliphatic rings. The molecule has 5 heteroatoms. The smallest absolute Gasteiger partial charge is 0.338 e. The van der Waals surface area contributed by atoms with Gasteiger partial charge in [-0.25, -0.2) is 9.59 Å². The van der Waals surface area contributed by atoms with Crippen LogP contribution in [-0.4, -0.2) is 35.9 Å². The minimum absolute atomic E-state index is 0.0690. The van der Waals surface area contributed by atoms with Gasteiger partial charge in [0.25, 0.3) is 0 Å². The van der Waals surface area contributed by atoms with Gasteiger partial charge in [-0.2, -0.15) is 0 Å². The van der Waals surface area contributed by atoms with Crippen LogP contribution < -0.4 is 0 Å². The van der Waals surface area contributed by atoms with Gasteiger partial charge in [0.2, 0.25) is 0 Å². The first-order chi connectivity index (χ1) is 11.2. The van der Waals surface area contributed by atoms with E-state index in [0.717, 1.165) is 23.6 Å². The van der Waals surface area contributed by atoms with Crippen molar-refractivity contribution >= 4 is 11.9 Å². The van der Waals surface area contributed by atoms with Crippen LogP contribution in [0.3, 0.4) is 0 Å². The molecular formula is C19H28O5. The molecule has 1 fully saturated rings. The summed E-state index contributed by atoms with van der Waals surface area (Å²) in [7, 11) is 0. The Kier molecular flexibility index (Phi) is 7.92. The summed E-state index contributed by atoms with van der Waals surface area (Å²) in [5, 5.41) is 10.2. The van der Waals surface area contributed by atoms with E-state index in [1.165, 1.54) is 0 Å². The summed E-state index contributed by atoms with van der Waals surface area (Å²) in [6.45, 7) is 11.1. The number of hydrogen-bond donors (Lipinski definition) is 1. The molecule has 0 aromatic rings. The summed E-state index contributed by atoms with van der Waals surface area (Å²) in [5.41, 5.74) is 2.42. The predicted octanol–water partition coefficient (Wildman–Crippen LogP) is 3.09. The second-order valence-corrected chi connectivity index (χ2v) is 6.66. The van der Waals surface area contributed by atoms with Gasteiger partial charge in [0.1, 0.15) is 6.10 Å². The Morgan fingerprint density at radius 1 is 1.21 bits per heavy atom. The van der Waals surface area contributed by atoms with Gasteiger partial charge in [0.05, 0.1) is 18.3 Å². The first kappa shape index (κ1) is 20.2. The third kappa shape index (κ3) is 6.32. The van der Waals surface area contributed by atoms with Gasteiger partial charge >= 0.3 is 11.9 Å². The Labute approximate surface area is 144 Å². The summed E-state index contributed by atoms with van der Waals surface area (Å²) in [4.78, 5) is 23.4. The highest BCUT2D eigenvalue weighted by Gasteiger charge is 2.32. The van der Waals surface area contributed by atoms with E-state index in [2.05, 4.69) is 6.58 Å². The molecule has 1 N–H and O–H groups in total. The van der Waals surface area contributed by atoms with Gasteiger partial charge in [0, 0.05) is 6.08 Å². The number of carbonyl (C=O) groups is 2. The molecule has 0 aromatic heterocycles. The van der Waals surface area contributed by atoms with Crippen LogP contribution in [0.2, 0.25) is 0 Å². The third-order valence-corrected chi connectivity index (χ3v) is 3.94. The molecule has 3 atom stereocenters. The molecule has 1 aliphatic carbocycles. The first-order valence-corrected chi connectivity index (χ1v) is 8.25. The highest BCUT2D eigenvalue weighted by molar-refractivity contribution is 5.92. The molecular weight excluding hydrogens is 308 g/mol. The highest BCUT2D eigenvalue weighted by Crippen LogP contribution is 2.28. The molecule has 24 heavy (non-hydrogen) atoms. The summed E-state index contributed by atoms with van der Waals surface area (Å²) in [6.07, 6.45) is 3.36. The van der Waals surface area contributed by atoms with Gasteiger partial charge in [-0.3, -0.25) is 0 Å². The van der Waals surface area contributed by atoms with Gasteiger partial charge in [-0.1, -0.05) is 17.7 Å². The fraction of sp³-hybridized carbons (Fsp3) is 0.579. The van der Waals surface area contributed by atoms with Crippen molar-refractivity contribution in [1.29, 1.82) is 0 Å². The second kappa shape index (κ2) is 9.42. The fourth-order valence-electron chi connectivity index (χ4n) is 2.65. The largest absolute Gasteiger partial charge is 0.462 e. The number of rotatable bonds is 6. The molecule has 0 aliphatic heterocycles. The maximum Gasteiger partial charge on any atom is 0.338 e. The van der Waals surface area contributed by atoms with E-state index in [0.29, 0.717) is 18.4 Å². The standard InChI is InChI=1S/C19H28O5/c1-6-18(21)23-11-14-7-8-17(16(20)10-14)24-19(22)15(13(4)5)9-12(2)3/h6,9,14,16-17,20H,1,7-8,10-11H2,2-5H3. The lowest BCUT2D eigenvalue weighted by molar-refractivity contribution is -0.155. The Balaban J connectivity index is 2.60. The lowest BCUT2D eigenvalue weighted by Gasteiger charge is -2.32. The summed E-state index contributed by atoms with van der Waals surface area (Å²) in [5.74, 6) is -0.802. The van der Waals surface area contributed by atoms with Gasteiger partial charge in [-0.15, -0.1) is 0 Å². The van der Waals surface area contributed by atoms with Gasteiger partial charge in [-0.05, 0) is 59.0 Å². The van der Waals surface area contributed by atoms with E-state index < -0.39 is 24.1 Å². The molecule has 5 nitrogen and oxygen atoms in total. The van der Waals surface area contributed by atoms with Crippen molar-refractivity contribution in [3.8, 4) is 0 Å². The lowest BCUT2D eigenvalue weighted by atomic mass is 9.85. The molecule has 0 aromatic carbocycles. The predicted molar refractivity (Wildman–Crippen MR) is 92.2 cm³/mol. The molecule has 0 amide bonds. The Hall–Kier alpha value is -1.88. The average molecular weight is 336 g/mol. The Bertz CT molecular complexity index is 536. The van der Waals surface area contributed by atoms with Crippen molar-refractivity contribution in [2.24, 2.45) is 5.92 Å². The van der Waals surface area contributed by atoms with Crippen LogP contribution in [-0.2, 0) is 19.1 Å². The zero-order valence-corrected chi connectivity index (χ0v) is 15.0. The number of hydrogen-bond acceptors (Lipinski definition) is 5. The normalized spacial score (nSPS) is 23.0. The highest BCUT2D eigenvalue weighted by atomic mass is 16.6. The number of ether oxygens (including phenoxy) is 2. The van der Waals surface area contributed by atoms with E-state index in [-0.39, 0.29) is 12.5 Å². The van der Waals surface area contributed by atoms with E-state index in [1.54, 1.807) is 6.08 Å². The monoisotopic (exact) mass is 336 g/mol. The van der Waals surface area contributed by atoms with Crippen molar-refractivity contribution in [2.75, 3.05) is 6.61 Å². The fourth-order valence-corrected chi connectivity index (χ4v) is 2.65. The van der Waals surface area contributed by atoms with E-state index in [9.17, 15) is 14.7 Å². The lowest BCUT2D eigenvalue weighted by Crippen LogP contribution is -2.38. The number of carbonyl (C=O) groups excluding carboxylic acids is 2. The minimum Gasteiger partial charge on any atom is -0.462 e. The van der Waals surface area contributed by atoms with Crippen molar-refractivity contribution in [3.05, 3.63) is 35.5 Å². The third-order valence-electron chi connectivity index (χ3n) is 3.94. The topological polar surface area (TPSA) is 72.8 Å². The zero-order valence-electron chi connectivity index (χ0n) is 15.0. The van der Waals surface area contributed by atoms with E-state index >= 15 is 0 Å². The van der Waals surface area contributed by atoms with Crippen LogP contribution in [0.25, 0.3) is 0 Å². The van der Waals surface area contributed by atoms with Crippen molar-refractivity contribution in [2.45, 2.75) is 59.2 Å². The molecule has 1 saturated carbocycles. The molecule has 0 heterocycles. The quantitative estimate of drug-likeness (QED) is 0.458. The molecule has 0 saturated heterocycles. The maximum atomic E-state index is 12.4. The molecule has 0 spiro atoms.